The Bertz CT molecular complexity index is 2930. The number of carbonyl (C=O) groups is 4. The first-order valence-electron chi connectivity index (χ1n) is 20.8. The molecule has 4 aliphatic rings. The summed E-state index contributed by atoms with van der Waals surface area (Å²) in [5, 5.41) is 11.6. The number of halogens is 6. The number of methoxy groups -OCH3 is 3. The fraction of sp³-hybridized carbons (Fsp3) is 0.245. The van der Waals surface area contributed by atoms with Crippen molar-refractivity contribution in [3.05, 3.63) is 144 Å². The summed E-state index contributed by atoms with van der Waals surface area (Å²) >= 11 is 14.7. The first-order valence-corrected chi connectivity index (χ1v) is 22.6. The number of phenolic OH excluding ortho intramolecular Hbond substituents is 1. The summed E-state index contributed by atoms with van der Waals surface area (Å²) in [4.78, 5) is 65.1. The lowest BCUT2D eigenvalue weighted by Crippen LogP contribution is -2.53. The van der Waals surface area contributed by atoms with Gasteiger partial charge in [-0.1, -0.05) is 71.3 Å². The van der Waals surface area contributed by atoms with Gasteiger partial charge in [0.25, 0.3) is 11.8 Å². The Kier molecular flexibility index (Phi) is 12.0. The molecular formula is C49H38Cl2F3IN4O8. The predicted octanol–water partition coefficient (Wildman–Crippen LogP) is 10.1. The van der Waals surface area contributed by atoms with Crippen LogP contribution >= 0.6 is 45.8 Å². The highest BCUT2D eigenvalue weighted by Crippen LogP contribution is 2.65. The zero-order valence-corrected chi connectivity index (χ0v) is 39.3. The molecule has 2 saturated heterocycles. The van der Waals surface area contributed by atoms with Crippen LogP contribution in [0.15, 0.2) is 103 Å². The maximum Gasteiger partial charge on any atom is 0.417 e. The number of hydrogen-bond donors (Lipinski definition) is 2. The number of hydrogen-bond acceptors (Lipinski definition) is 10. The van der Waals surface area contributed by atoms with Gasteiger partial charge in [-0.3, -0.25) is 29.5 Å². The van der Waals surface area contributed by atoms with E-state index in [1.54, 1.807) is 87.0 Å². The number of nitrogens with one attached hydrogen (secondary N) is 1. The van der Waals surface area contributed by atoms with Gasteiger partial charge in [-0.05, 0) is 119 Å². The summed E-state index contributed by atoms with van der Waals surface area (Å²) in [6.07, 6.45) is 1.39. The van der Waals surface area contributed by atoms with Crippen molar-refractivity contribution in [1.29, 1.82) is 0 Å². The van der Waals surface area contributed by atoms with Crippen molar-refractivity contribution in [3.63, 3.8) is 0 Å². The SMILES string of the molecule is COc1ccc(OC)c(C=Cc2ccc(N3C(=O)C4CC=C5C(CC6C(=O)N(Nc7ncc(C(F)(F)F)cc7Cl)C(=O)C6(c6ccc(Cl)cc6)C5c5cc(I)c(O)c(OC)c5)C4C3=O)cc2)c1. The molecule has 1 aromatic heterocycles. The molecule has 2 aliphatic heterocycles. The number of alkyl halides is 3. The molecule has 344 valence electrons. The van der Waals surface area contributed by atoms with Crippen LogP contribution in [0.2, 0.25) is 10.0 Å². The number of benzene rings is 4. The van der Waals surface area contributed by atoms with E-state index in [1.165, 1.54) is 12.0 Å². The predicted molar refractivity (Wildman–Crippen MR) is 252 cm³/mol. The number of amides is 4. The number of pyridine rings is 1. The molecule has 0 spiro atoms. The zero-order valence-electron chi connectivity index (χ0n) is 35.6. The van der Waals surface area contributed by atoms with E-state index in [9.17, 15) is 27.9 Å². The van der Waals surface area contributed by atoms with Crippen molar-refractivity contribution >= 4 is 93.1 Å². The maximum atomic E-state index is 15.6. The maximum absolute atomic E-state index is 15.6. The number of phenols is 1. The van der Waals surface area contributed by atoms with Crippen LogP contribution in [-0.4, -0.2) is 60.1 Å². The third-order valence-corrected chi connectivity index (χ3v) is 14.6. The second-order valence-electron chi connectivity index (χ2n) is 16.5. The minimum absolute atomic E-state index is 0.0767. The largest absolute Gasteiger partial charge is 0.504 e. The molecular weight excluding hydrogens is 1030 g/mol. The molecule has 18 heteroatoms. The van der Waals surface area contributed by atoms with E-state index < -0.39 is 75.4 Å². The van der Waals surface area contributed by atoms with Gasteiger partial charge in [0.1, 0.15) is 11.5 Å². The van der Waals surface area contributed by atoms with Crippen molar-refractivity contribution in [3.8, 4) is 23.0 Å². The van der Waals surface area contributed by atoms with Gasteiger partial charge in [0, 0.05) is 22.7 Å². The Balaban J connectivity index is 1.13. The van der Waals surface area contributed by atoms with Crippen LogP contribution < -0.4 is 24.5 Å². The zero-order chi connectivity index (χ0) is 47.7. The standard InChI is InChI=1S/C49H38Cl2F3IN4O8/c1-65-31-14-17-38(66-2)25(18-31)7-4-24-5-12-30(13-6-24)58-44(61)33-16-15-32-34(40(33)46(58)63)22-35-45(62)59(57-43-36(51)21-28(23-56-43)49(52,53)54)47(64)48(35,27-8-10-29(50)11-9-27)41(32)26-19-37(55)42(60)39(20-26)67-3/h4-15,17-21,23,33-35,40-41,60H,16,22H2,1-3H3,(H,56,57). The molecule has 12 nitrogen and oxygen atoms in total. The van der Waals surface area contributed by atoms with E-state index in [0.29, 0.717) is 54.7 Å². The van der Waals surface area contributed by atoms with E-state index in [-0.39, 0.29) is 30.2 Å². The highest BCUT2D eigenvalue weighted by Gasteiger charge is 2.70. The smallest absolute Gasteiger partial charge is 0.417 e. The second-order valence-corrected chi connectivity index (χ2v) is 18.5. The molecule has 0 radical (unpaired) electrons. The summed E-state index contributed by atoms with van der Waals surface area (Å²) in [5.74, 6) is -6.43. The third-order valence-electron chi connectivity index (χ3n) is 13.2. The van der Waals surface area contributed by atoms with E-state index in [2.05, 4.69) is 10.4 Å². The average Bonchev–Trinajstić information content (AvgIpc) is 3.69. The third kappa shape index (κ3) is 7.66. The van der Waals surface area contributed by atoms with Gasteiger partial charge in [-0.2, -0.15) is 18.2 Å². The molecule has 6 unspecified atom stereocenters. The number of ether oxygens (including phenoxy) is 3. The number of rotatable bonds is 10. The minimum Gasteiger partial charge on any atom is -0.504 e. The van der Waals surface area contributed by atoms with Crippen LogP contribution in [0.25, 0.3) is 12.2 Å². The molecule has 67 heavy (non-hydrogen) atoms. The Morgan fingerprint density at radius 3 is 2.22 bits per heavy atom. The molecule has 2 N–H and O–H groups in total. The average molecular weight is 1070 g/mol. The Hall–Kier alpha value is -6.11. The summed E-state index contributed by atoms with van der Waals surface area (Å²) in [7, 11) is 4.51. The van der Waals surface area contributed by atoms with Gasteiger partial charge in [0.05, 0.1) is 64.3 Å². The number of fused-ring (bicyclic) bond motifs is 4. The second kappa shape index (κ2) is 17.5. The van der Waals surface area contributed by atoms with Gasteiger partial charge in [-0.25, -0.2) is 4.98 Å². The van der Waals surface area contributed by atoms with Gasteiger partial charge in [-0.15, -0.1) is 0 Å². The van der Waals surface area contributed by atoms with E-state index in [4.69, 9.17) is 37.4 Å². The van der Waals surface area contributed by atoms with Crippen molar-refractivity contribution in [2.45, 2.75) is 30.4 Å². The number of anilines is 2. The van der Waals surface area contributed by atoms with Gasteiger partial charge >= 0.3 is 6.18 Å². The molecule has 6 atom stereocenters. The molecule has 1 saturated carbocycles. The number of nitrogens with zero attached hydrogens (tertiary/aromatic N) is 3. The molecule has 2 aliphatic carbocycles. The van der Waals surface area contributed by atoms with Crippen LogP contribution in [0.4, 0.5) is 24.7 Å². The van der Waals surface area contributed by atoms with Gasteiger partial charge in [0.2, 0.25) is 11.8 Å². The minimum atomic E-state index is -4.78. The first kappa shape index (κ1) is 46.0. The van der Waals surface area contributed by atoms with Gasteiger partial charge < -0.3 is 19.3 Å². The number of imide groups is 2. The van der Waals surface area contributed by atoms with Crippen molar-refractivity contribution in [2.24, 2.45) is 23.7 Å². The molecule has 3 fully saturated rings. The van der Waals surface area contributed by atoms with E-state index >= 15 is 9.59 Å². The number of hydrazine groups is 1. The van der Waals surface area contributed by atoms with Crippen LogP contribution in [0.5, 0.6) is 23.0 Å². The van der Waals surface area contributed by atoms with Crippen LogP contribution in [0.3, 0.4) is 0 Å². The number of carbonyl (C=O) groups excluding carboxylic acids is 4. The van der Waals surface area contributed by atoms with E-state index in [0.717, 1.165) is 16.1 Å². The first-order chi connectivity index (χ1) is 32.0. The normalized spacial score (nSPS) is 23.5. The topological polar surface area (TPSA) is 148 Å². The van der Waals surface area contributed by atoms with E-state index in [1.807, 2.05) is 46.9 Å². The quantitative estimate of drug-likeness (QED) is 0.0600. The highest BCUT2D eigenvalue weighted by molar-refractivity contribution is 14.1. The molecule has 9 rings (SSSR count). The Labute approximate surface area is 405 Å². The van der Waals surface area contributed by atoms with Crippen molar-refractivity contribution < 1.29 is 51.7 Å². The fourth-order valence-electron chi connectivity index (χ4n) is 10.2. The summed E-state index contributed by atoms with van der Waals surface area (Å²) in [6.45, 7) is 0. The molecule has 4 amide bonds. The summed E-state index contributed by atoms with van der Waals surface area (Å²) in [5.41, 5.74) is 3.04. The number of aromatic hydroxyl groups is 1. The fourth-order valence-corrected chi connectivity index (χ4v) is 11.2. The number of aromatic nitrogens is 1. The molecule has 0 bridgehead atoms. The molecule has 4 aromatic carbocycles. The van der Waals surface area contributed by atoms with Crippen LogP contribution in [0, 0.1) is 27.2 Å². The lowest BCUT2D eigenvalue weighted by Gasteiger charge is -2.50. The van der Waals surface area contributed by atoms with Crippen molar-refractivity contribution in [1.82, 2.24) is 9.99 Å². The highest BCUT2D eigenvalue weighted by atomic mass is 127. The van der Waals surface area contributed by atoms with Gasteiger partial charge in [0.15, 0.2) is 17.3 Å². The van der Waals surface area contributed by atoms with Crippen molar-refractivity contribution in [2.75, 3.05) is 31.7 Å². The van der Waals surface area contributed by atoms with Crippen LogP contribution in [-0.2, 0) is 30.8 Å². The lowest BCUT2D eigenvalue weighted by atomic mass is 9.49. The van der Waals surface area contributed by atoms with Crippen LogP contribution in [0.1, 0.15) is 46.6 Å². The molecule has 5 aromatic rings. The molecule has 3 heterocycles. The monoisotopic (exact) mass is 1060 g/mol. The summed E-state index contributed by atoms with van der Waals surface area (Å²) < 4.78 is 57.7. The lowest BCUT2D eigenvalue weighted by molar-refractivity contribution is -0.139. The Morgan fingerprint density at radius 2 is 1.57 bits per heavy atom. The Morgan fingerprint density at radius 1 is 0.851 bits per heavy atom. The number of allylic oxidation sites excluding steroid dienone is 2. The summed E-state index contributed by atoms with van der Waals surface area (Å²) in [6, 6.07) is 22.7.